The van der Waals surface area contributed by atoms with Gasteiger partial charge in [0.1, 0.15) is 5.60 Å². The molecule has 0 fully saturated rings. The van der Waals surface area contributed by atoms with Gasteiger partial charge in [0, 0.05) is 6.54 Å². The van der Waals surface area contributed by atoms with Gasteiger partial charge in [-0.05, 0) is 43.5 Å². The predicted molar refractivity (Wildman–Crippen MR) is 93.0 cm³/mol. The first-order valence-corrected chi connectivity index (χ1v) is 7.92. The van der Waals surface area contributed by atoms with Crippen LogP contribution in [0.1, 0.15) is 26.3 Å². The van der Waals surface area contributed by atoms with Crippen LogP contribution in [0.15, 0.2) is 42.5 Å². The Morgan fingerprint density at radius 3 is 2.46 bits per heavy atom. The molecule has 0 aromatic heterocycles. The first-order valence-electron chi connectivity index (χ1n) is 7.92. The molecule has 0 saturated heterocycles. The average Bonchev–Trinajstić information content (AvgIpc) is 2.49. The second kappa shape index (κ2) is 7.34. The van der Waals surface area contributed by atoms with E-state index in [0.29, 0.717) is 6.42 Å². The fraction of sp³-hybridized carbons (Fsp3) is 0.368. The number of hydrogen-bond acceptors (Lipinski definition) is 3. The summed E-state index contributed by atoms with van der Waals surface area (Å²) in [6.07, 6.45) is -0.265. The summed E-state index contributed by atoms with van der Waals surface area (Å²) in [6.45, 7) is 5.31. The molecule has 2 rings (SSSR count). The van der Waals surface area contributed by atoms with Gasteiger partial charge in [-0.3, -0.25) is 4.79 Å². The third-order valence-electron chi connectivity index (χ3n) is 3.59. The molecule has 2 aromatic rings. The van der Waals surface area contributed by atoms with E-state index in [1.807, 2.05) is 42.5 Å². The van der Waals surface area contributed by atoms with E-state index in [2.05, 4.69) is 5.32 Å². The van der Waals surface area contributed by atoms with Crippen LogP contribution in [0, 0.1) is 5.92 Å². The first kappa shape index (κ1) is 17.8. The molecular weight excluding hydrogens is 306 g/mol. The molecular formula is C19H23NO4. The fourth-order valence-corrected chi connectivity index (χ4v) is 2.50. The van der Waals surface area contributed by atoms with Crippen molar-refractivity contribution in [3.05, 3.63) is 48.0 Å². The van der Waals surface area contributed by atoms with Crippen molar-refractivity contribution in [2.75, 3.05) is 6.54 Å². The number of benzene rings is 2. The van der Waals surface area contributed by atoms with E-state index in [1.165, 1.54) is 0 Å². The number of carbonyl (C=O) groups is 2. The molecule has 5 nitrogen and oxygen atoms in total. The van der Waals surface area contributed by atoms with Crippen LogP contribution in [0.2, 0.25) is 0 Å². The molecule has 0 aliphatic carbocycles. The highest BCUT2D eigenvalue weighted by Crippen LogP contribution is 2.21. The summed E-state index contributed by atoms with van der Waals surface area (Å²) in [5.74, 6) is -1.66. The van der Waals surface area contributed by atoms with E-state index >= 15 is 0 Å². The van der Waals surface area contributed by atoms with Gasteiger partial charge in [0.2, 0.25) is 0 Å². The van der Waals surface area contributed by atoms with Crippen LogP contribution in [0.4, 0.5) is 4.79 Å². The molecule has 0 radical (unpaired) electrons. The molecule has 128 valence electrons. The maximum atomic E-state index is 11.7. The van der Waals surface area contributed by atoms with Crippen LogP contribution < -0.4 is 5.32 Å². The Morgan fingerprint density at radius 2 is 1.79 bits per heavy atom. The SMILES string of the molecule is CC(C)(C)OC(=O)NC[C@H](Cc1cccc2ccccc12)C(=O)O. The van der Waals surface area contributed by atoms with E-state index in [4.69, 9.17) is 4.74 Å². The van der Waals surface area contributed by atoms with Gasteiger partial charge in [-0.15, -0.1) is 0 Å². The molecule has 1 amide bonds. The van der Waals surface area contributed by atoms with E-state index < -0.39 is 23.6 Å². The monoisotopic (exact) mass is 329 g/mol. The van der Waals surface area contributed by atoms with Crippen LogP contribution in [-0.2, 0) is 16.0 Å². The van der Waals surface area contributed by atoms with Crippen LogP contribution in [-0.4, -0.2) is 29.3 Å². The number of ether oxygens (including phenoxy) is 1. The third-order valence-corrected chi connectivity index (χ3v) is 3.59. The van der Waals surface area contributed by atoms with Gasteiger partial charge in [0.05, 0.1) is 5.92 Å². The second-order valence-electron chi connectivity index (χ2n) is 6.76. The highest BCUT2D eigenvalue weighted by molar-refractivity contribution is 5.86. The number of aliphatic carboxylic acids is 1. The lowest BCUT2D eigenvalue weighted by Crippen LogP contribution is -2.37. The minimum Gasteiger partial charge on any atom is -0.481 e. The van der Waals surface area contributed by atoms with Crippen LogP contribution >= 0.6 is 0 Å². The number of hydrogen-bond donors (Lipinski definition) is 2. The van der Waals surface area contributed by atoms with Crippen molar-refractivity contribution >= 4 is 22.8 Å². The van der Waals surface area contributed by atoms with Gasteiger partial charge in [0.25, 0.3) is 0 Å². The number of amides is 1. The smallest absolute Gasteiger partial charge is 0.407 e. The lowest BCUT2D eigenvalue weighted by molar-refractivity contribution is -0.141. The second-order valence-corrected chi connectivity index (χ2v) is 6.76. The normalized spacial score (nSPS) is 12.6. The first-order chi connectivity index (χ1) is 11.3. The zero-order chi connectivity index (χ0) is 17.7. The molecule has 0 aliphatic heterocycles. The number of rotatable bonds is 5. The summed E-state index contributed by atoms with van der Waals surface area (Å²) in [4.78, 5) is 23.3. The highest BCUT2D eigenvalue weighted by Gasteiger charge is 2.22. The van der Waals surface area contributed by atoms with Crippen LogP contribution in [0.25, 0.3) is 10.8 Å². The number of carboxylic acids is 1. The minimum absolute atomic E-state index is 0.0213. The lowest BCUT2D eigenvalue weighted by Gasteiger charge is -2.21. The van der Waals surface area contributed by atoms with E-state index in [1.54, 1.807) is 20.8 Å². The van der Waals surface area contributed by atoms with Gasteiger partial charge in [-0.2, -0.15) is 0 Å². The molecule has 0 aliphatic rings. The highest BCUT2D eigenvalue weighted by atomic mass is 16.6. The van der Waals surface area contributed by atoms with Gasteiger partial charge < -0.3 is 15.2 Å². The van der Waals surface area contributed by atoms with Crippen molar-refractivity contribution in [3.63, 3.8) is 0 Å². The lowest BCUT2D eigenvalue weighted by atomic mass is 9.95. The number of carboxylic acid groups (broad SMARTS) is 1. The fourth-order valence-electron chi connectivity index (χ4n) is 2.50. The molecule has 0 bridgehead atoms. The Labute approximate surface area is 141 Å². The maximum Gasteiger partial charge on any atom is 0.407 e. The van der Waals surface area contributed by atoms with E-state index in [0.717, 1.165) is 16.3 Å². The van der Waals surface area contributed by atoms with Gasteiger partial charge in [-0.1, -0.05) is 42.5 Å². The summed E-state index contributed by atoms with van der Waals surface area (Å²) >= 11 is 0. The van der Waals surface area contributed by atoms with Crippen LogP contribution in [0.3, 0.4) is 0 Å². The molecule has 2 aromatic carbocycles. The molecule has 24 heavy (non-hydrogen) atoms. The van der Waals surface area contributed by atoms with Gasteiger partial charge >= 0.3 is 12.1 Å². The van der Waals surface area contributed by atoms with Gasteiger partial charge in [0.15, 0.2) is 0 Å². The molecule has 0 spiro atoms. The van der Waals surface area contributed by atoms with Gasteiger partial charge in [-0.25, -0.2) is 4.79 Å². The quantitative estimate of drug-likeness (QED) is 0.878. The molecule has 0 heterocycles. The zero-order valence-corrected chi connectivity index (χ0v) is 14.2. The van der Waals surface area contributed by atoms with E-state index in [-0.39, 0.29) is 6.54 Å². The van der Waals surface area contributed by atoms with Crippen LogP contribution in [0.5, 0.6) is 0 Å². The van der Waals surface area contributed by atoms with Crippen molar-refractivity contribution < 1.29 is 19.4 Å². The summed E-state index contributed by atoms with van der Waals surface area (Å²) in [6, 6.07) is 13.7. The Hall–Kier alpha value is -2.56. The van der Waals surface area contributed by atoms with E-state index in [9.17, 15) is 14.7 Å². The minimum atomic E-state index is -0.945. The largest absolute Gasteiger partial charge is 0.481 e. The Kier molecular flexibility index (Phi) is 5.44. The molecule has 2 N–H and O–H groups in total. The Balaban J connectivity index is 2.08. The number of fused-ring (bicyclic) bond motifs is 1. The standard InChI is InChI=1S/C19H23NO4/c1-19(2,3)24-18(23)20-12-15(17(21)22)11-14-9-6-8-13-7-4-5-10-16(13)14/h4-10,15H,11-12H2,1-3H3,(H,20,23)(H,21,22)/t15-/m0/s1. The average molecular weight is 329 g/mol. The molecule has 0 saturated carbocycles. The topological polar surface area (TPSA) is 75.6 Å². The number of carbonyl (C=O) groups excluding carboxylic acids is 1. The summed E-state index contributed by atoms with van der Waals surface area (Å²) in [5, 5.41) is 14.1. The summed E-state index contributed by atoms with van der Waals surface area (Å²) < 4.78 is 5.15. The van der Waals surface area contributed by atoms with Crippen molar-refractivity contribution in [2.24, 2.45) is 5.92 Å². The van der Waals surface area contributed by atoms with Crippen molar-refractivity contribution in [1.82, 2.24) is 5.32 Å². The molecule has 1 atom stereocenters. The van der Waals surface area contributed by atoms with Crippen molar-refractivity contribution in [2.45, 2.75) is 32.8 Å². The molecule has 5 heteroatoms. The third kappa shape index (κ3) is 4.98. The number of alkyl carbamates (subject to hydrolysis) is 1. The number of nitrogens with one attached hydrogen (secondary N) is 1. The zero-order valence-electron chi connectivity index (χ0n) is 14.2. The van der Waals surface area contributed by atoms with Crippen molar-refractivity contribution in [3.8, 4) is 0 Å². The Bertz CT molecular complexity index is 728. The predicted octanol–water partition coefficient (Wildman–Crippen LogP) is 3.61. The maximum absolute atomic E-state index is 11.7. The summed E-state index contributed by atoms with van der Waals surface area (Å²) in [7, 11) is 0. The summed E-state index contributed by atoms with van der Waals surface area (Å²) in [5.41, 5.74) is 0.338. The molecule has 0 unspecified atom stereocenters. The van der Waals surface area contributed by atoms with Crippen molar-refractivity contribution in [1.29, 1.82) is 0 Å². The Morgan fingerprint density at radius 1 is 1.12 bits per heavy atom.